The maximum absolute atomic E-state index is 10.7. The number of benzene rings is 1. The molecule has 0 amide bonds. The van der Waals surface area contributed by atoms with Crippen LogP contribution in [0.3, 0.4) is 0 Å². The molecule has 0 radical (unpaired) electrons. The number of rotatable bonds is 5. The van der Waals surface area contributed by atoms with Gasteiger partial charge in [-0.2, -0.15) is 5.26 Å². The molecule has 1 rings (SSSR count). The average Bonchev–Trinajstić information content (AvgIpc) is 2.37. The molecular weight excluding hydrogens is 236 g/mol. The number of aliphatic carboxylic acids is 1. The number of hydrogen-bond donors (Lipinski definition) is 2. The van der Waals surface area contributed by atoms with Crippen LogP contribution < -0.4 is 15.2 Å². The van der Waals surface area contributed by atoms with Gasteiger partial charge in [0.1, 0.15) is 12.1 Å². The third-order valence-corrected chi connectivity index (χ3v) is 2.43. The molecule has 0 saturated carbocycles. The van der Waals surface area contributed by atoms with Gasteiger partial charge in [0, 0.05) is 0 Å². The number of carboxylic acid groups (broad SMARTS) is 1. The summed E-state index contributed by atoms with van der Waals surface area (Å²) in [5, 5.41) is 17.8. The fourth-order valence-corrected chi connectivity index (χ4v) is 1.56. The van der Waals surface area contributed by atoms with E-state index in [0.717, 1.165) is 0 Å². The van der Waals surface area contributed by atoms with Gasteiger partial charge in [-0.1, -0.05) is 0 Å². The zero-order valence-electron chi connectivity index (χ0n) is 10.1. The number of ether oxygens (including phenoxy) is 2. The van der Waals surface area contributed by atoms with E-state index in [4.69, 9.17) is 25.6 Å². The van der Waals surface area contributed by atoms with Crippen molar-refractivity contribution in [3.63, 3.8) is 0 Å². The van der Waals surface area contributed by atoms with E-state index >= 15 is 0 Å². The van der Waals surface area contributed by atoms with Crippen molar-refractivity contribution < 1.29 is 19.4 Å². The molecule has 0 aliphatic rings. The highest BCUT2D eigenvalue weighted by molar-refractivity contribution is 5.73. The Bertz CT molecular complexity index is 494. The van der Waals surface area contributed by atoms with Crippen LogP contribution in [-0.2, 0) is 11.2 Å². The molecule has 0 saturated heterocycles. The predicted molar refractivity (Wildman–Crippen MR) is 63.6 cm³/mol. The van der Waals surface area contributed by atoms with Gasteiger partial charge in [-0.25, -0.2) is 0 Å². The van der Waals surface area contributed by atoms with Crippen molar-refractivity contribution in [1.29, 1.82) is 5.26 Å². The highest BCUT2D eigenvalue weighted by atomic mass is 16.5. The van der Waals surface area contributed by atoms with E-state index in [0.29, 0.717) is 17.1 Å². The molecule has 0 aromatic heterocycles. The largest absolute Gasteiger partial charge is 0.493 e. The first kappa shape index (κ1) is 13.8. The summed E-state index contributed by atoms with van der Waals surface area (Å²) < 4.78 is 10.2. The Morgan fingerprint density at radius 1 is 1.50 bits per heavy atom. The Balaban J connectivity index is 3.16. The minimum absolute atomic E-state index is 0.115. The second kappa shape index (κ2) is 5.89. The van der Waals surface area contributed by atoms with Gasteiger partial charge in [-0.15, -0.1) is 0 Å². The Morgan fingerprint density at radius 2 is 2.17 bits per heavy atom. The van der Waals surface area contributed by atoms with E-state index < -0.39 is 12.0 Å². The number of nitrogens with zero attached hydrogens (tertiary/aromatic N) is 1. The van der Waals surface area contributed by atoms with Crippen molar-refractivity contribution in [1.82, 2.24) is 0 Å². The van der Waals surface area contributed by atoms with Gasteiger partial charge in [0.25, 0.3) is 0 Å². The highest BCUT2D eigenvalue weighted by Gasteiger charge is 2.16. The van der Waals surface area contributed by atoms with Crippen molar-refractivity contribution in [2.75, 3.05) is 14.2 Å². The molecule has 0 bridgehead atoms. The van der Waals surface area contributed by atoms with Crippen LogP contribution in [0, 0.1) is 11.3 Å². The number of nitriles is 1. The third kappa shape index (κ3) is 2.90. The molecule has 6 nitrogen and oxygen atoms in total. The molecule has 0 spiro atoms. The first-order valence-corrected chi connectivity index (χ1v) is 5.16. The fraction of sp³-hybridized carbons (Fsp3) is 0.333. The van der Waals surface area contributed by atoms with Gasteiger partial charge in [0.05, 0.1) is 19.8 Å². The molecule has 6 heteroatoms. The molecule has 96 valence electrons. The van der Waals surface area contributed by atoms with Gasteiger partial charge in [0.15, 0.2) is 11.5 Å². The summed E-state index contributed by atoms with van der Waals surface area (Å²) in [7, 11) is 2.88. The molecule has 0 aliphatic carbocycles. The quantitative estimate of drug-likeness (QED) is 0.789. The summed E-state index contributed by atoms with van der Waals surface area (Å²) in [5.41, 5.74) is 6.34. The lowest BCUT2D eigenvalue weighted by Crippen LogP contribution is -2.32. The van der Waals surface area contributed by atoms with Crippen LogP contribution in [0.2, 0.25) is 0 Å². The molecule has 1 aromatic rings. The maximum Gasteiger partial charge on any atom is 0.320 e. The number of hydrogen-bond acceptors (Lipinski definition) is 5. The smallest absolute Gasteiger partial charge is 0.320 e. The van der Waals surface area contributed by atoms with Crippen LogP contribution in [0.4, 0.5) is 0 Å². The molecule has 18 heavy (non-hydrogen) atoms. The SMILES string of the molecule is COc1cc(CC(N)C(=O)O)cc(C#N)c1OC. The van der Waals surface area contributed by atoms with Crippen molar-refractivity contribution in [2.45, 2.75) is 12.5 Å². The van der Waals surface area contributed by atoms with E-state index in [2.05, 4.69) is 0 Å². The topological polar surface area (TPSA) is 106 Å². The zero-order valence-corrected chi connectivity index (χ0v) is 10.1. The summed E-state index contributed by atoms with van der Waals surface area (Å²) in [4.78, 5) is 10.7. The van der Waals surface area contributed by atoms with Gasteiger partial charge in [-0.3, -0.25) is 4.79 Å². The lowest BCUT2D eigenvalue weighted by Gasteiger charge is -2.12. The Labute approximate surface area is 105 Å². The first-order chi connectivity index (χ1) is 8.53. The zero-order chi connectivity index (χ0) is 13.7. The average molecular weight is 250 g/mol. The van der Waals surface area contributed by atoms with E-state index in [1.165, 1.54) is 14.2 Å². The monoisotopic (exact) mass is 250 g/mol. The van der Waals surface area contributed by atoms with Crippen molar-refractivity contribution in [2.24, 2.45) is 5.73 Å². The van der Waals surface area contributed by atoms with Crippen LogP contribution in [0.5, 0.6) is 11.5 Å². The number of methoxy groups -OCH3 is 2. The summed E-state index contributed by atoms with van der Waals surface area (Å²) >= 11 is 0. The van der Waals surface area contributed by atoms with Crippen LogP contribution in [0.15, 0.2) is 12.1 Å². The molecule has 1 unspecified atom stereocenters. The third-order valence-electron chi connectivity index (χ3n) is 2.43. The molecule has 3 N–H and O–H groups in total. The lowest BCUT2D eigenvalue weighted by atomic mass is 10.0. The Kier molecular flexibility index (Phi) is 4.52. The second-order valence-corrected chi connectivity index (χ2v) is 3.64. The first-order valence-electron chi connectivity index (χ1n) is 5.16. The Morgan fingerprint density at radius 3 is 2.61 bits per heavy atom. The summed E-state index contributed by atoms with van der Waals surface area (Å²) in [6.45, 7) is 0. The van der Waals surface area contributed by atoms with Gasteiger partial charge >= 0.3 is 5.97 Å². The fourth-order valence-electron chi connectivity index (χ4n) is 1.56. The van der Waals surface area contributed by atoms with Crippen molar-refractivity contribution in [3.8, 4) is 17.6 Å². The van der Waals surface area contributed by atoms with Crippen LogP contribution >= 0.6 is 0 Å². The standard InChI is InChI=1S/C12H14N2O4/c1-17-10-5-7(4-9(14)12(15)16)3-8(6-13)11(10)18-2/h3,5,9H,4,14H2,1-2H3,(H,15,16). The van der Waals surface area contributed by atoms with Gasteiger partial charge in [-0.05, 0) is 24.1 Å². The summed E-state index contributed by atoms with van der Waals surface area (Å²) in [6.07, 6.45) is 0.115. The molecular formula is C12H14N2O4. The normalized spacial score (nSPS) is 11.4. The summed E-state index contributed by atoms with van der Waals surface area (Å²) in [5.74, 6) is -0.389. The maximum atomic E-state index is 10.7. The molecule has 0 aliphatic heterocycles. The Hall–Kier alpha value is -2.26. The van der Waals surface area contributed by atoms with E-state index in [1.54, 1.807) is 12.1 Å². The minimum atomic E-state index is -1.09. The molecule has 1 atom stereocenters. The van der Waals surface area contributed by atoms with E-state index in [1.807, 2.05) is 6.07 Å². The number of carbonyl (C=O) groups is 1. The van der Waals surface area contributed by atoms with Crippen molar-refractivity contribution >= 4 is 5.97 Å². The number of carboxylic acids is 1. The minimum Gasteiger partial charge on any atom is -0.493 e. The van der Waals surface area contributed by atoms with Gasteiger partial charge < -0.3 is 20.3 Å². The molecule has 0 fully saturated rings. The highest BCUT2D eigenvalue weighted by Crippen LogP contribution is 2.32. The van der Waals surface area contributed by atoms with Crippen molar-refractivity contribution in [3.05, 3.63) is 23.3 Å². The van der Waals surface area contributed by atoms with E-state index in [-0.39, 0.29) is 12.0 Å². The lowest BCUT2D eigenvalue weighted by molar-refractivity contribution is -0.138. The van der Waals surface area contributed by atoms with Gasteiger partial charge in [0.2, 0.25) is 0 Å². The van der Waals surface area contributed by atoms with Crippen LogP contribution in [-0.4, -0.2) is 31.3 Å². The van der Waals surface area contributed by atoms with E-state index in [9.17, 15) is 4.79 Å². The predicted octanol–water partition coefficient (Wildman–Crippen LogP) is 0.530. The van der Waals surface area contributed by atoms with Crippen LogP contribution in [0.1, 0.15) is 11.1 Å². The second-order valence-electron chi connectivity index (χ2n) is 3.64. The summed E-state index contributed by atoms with van der Waals surface area (Å²) in [6, 6.07) is 4.11. The number of nitrogens with two attached hydrogens (primary N) is 1. The molecule has 0 heterocycles. The van der Waals surface area contributed by atoms with Crippen LogP contribution in [0.25, 0.3) is 0 Å². The molecule has 1 aromatic carbocycles.